The molecule has 0 N–H and O–H groups in total. The van der Waals surface area contributed by atoms with Crippen molar-refractivity contribution in [3.63, 3.8) is 0 Å². The molecule has 0 aliphatic carbocycles. The van der Waals surface area contributed by atoms with Crippen molar-refractivity contribution in [3.8, 4) is 11.6 Å². The van der Waals surface area contributed by atoms with Gasteiger partial charge in [-0.25, -0.2) is 14.2 Å². The first-order chi connectivity index (χ1) is 12.4. The third-order valence-corrected chi connectivity index (χ3v) is 3.72. The number of allylic oxidation sites excluding steroid dienone is 1. The Morgan fingerprint density at radius 3 is 2.65 bits per heavy atom. The van der Waals surface area contributed by atoms with E-state index in [1.807, 2.05) is 0 Å². The van der Waals surface area contributed by atoms with E-state index in [4.69, 9.17) is 14.2 Å². The van der Waals surface area contributed by atoms with Crippen LogP contribution < -0.4 is 4.74 Å². The Morgan fingerprint density at radius 2 is 2.00 bits per heavy atom. The molecule has 0 fully saturated rings. The summed E-state index contributed by atoms with van der Waals surface area (Å²) < 4.78 is 30.0. The molecule has 6 heteroatoms. The summed E-state index contributed by atoms with van der Waals surface area (Å²) in [5.74, 6) is -0.0417. The molecule has 0 aliphatic rings. The SMILES string of the molecule is C=CC(C)(F)c1ccnc(Oc2ccccc2/C(=C\OC)C(=O)OC)c1. The monoisotopic (exact) mass is 357 g/mol. The van der Waals surface area contributed by atoms with Crippen LogP contribution in [0.3, 0.4) is 0 Å². The predicted octanol–water partition coefficient (Wildman–Crippen LogP) is 4.40. The largest absolute Gasteiger partial charge is 0.503 e. The molecule has 136 valence electrons. The molecule has 0 amide bonds. The van der Waals surface area contributed by atoms with E-state index < -0.39 is 11.6 Å². The van der Waals surface area contributed by atoms with Crippen LogP contribution in [0, 0.1) is 0 Å². The minimum Gasteiger partial charge on any atom is -0.503 e. The van der Waals surface area contributed by atoms with Gasteiger partial charge in [0.2, 0.25) is 5.88 Å². The molecule has 1 unspecified atom stereocenters. The topological polar surface area (TPSA) is 57.7 Å². The van der Waals surface area contributed by atoms with Gasteiger partial charge in [0.05, 0.1) is 20.5 Å². The molecule has 1 atom stereocenters. The van der Waals surface area contributed by atoms with E-state index in [2.05, 4.69) is 11.6 Å². The van der Waals surface area contributed by atoms with Gasteiger partial charge in [-0.05, 0) is 24.6 Å². The average Bonchev–Trinajstić information content (AvgIpc) is 2.66. The van der Waals surface area contributed by atoms with Crippen LogP contribution in [-0.4, -0.2) is 25.2 Å². The number of hydrogen-bond acceptors (Lipinski definition) is 5. The Bertz CT molecular complexity index is 830. The minimum atomic E-state index is -1.71. The lowest BCUT2D eigenvalue weighted by molar-refractivity contribution is -0.133. The lowest BCUT2D eigenvalue weighted by Gasteiger charge is -2.17. The van der Waals surface area contributed by atoms with Crippen LogP contribution in [0.4, 0.5) is 4.39 Å². The number of benzene rings is 1. The first-order valence-electron chi connectivity index (χ1n) is 7.80. The minimum absolute atomic E-state index is 0.183. The van der Waals surface area contributed by atoms with E-state index in [0.717, 1.165) is 0 Å². The number of halogens is 1. The van der Waals surface area contributed by atoms with Crippen LogP contribution in [-0.2, 0) is 19.9 Å². The summed E-state index contributed by atoms with van der Waals surface area (Å²) in [5, 5.41) is 0. The van der Waals surface area contributed by atoms with Gasteiger partial charge in [0.1, 0.15) is 11.3 Å². The number of para-hydroxylation sites is 1. The number of methoxy groups -OCH3 is 2. The molecule has 5 nitrogen and oxygen atoms in total. The van der Waals surface area contributed by atoms with Crippen molar-refractivity contribution < 1.29 is 23.4 Å². The zero-order valence-corrected chi connectivity index (χ0v) is 14.9. The first kappa shape index (κ1) is 19.2. The van der Waals surface area contributed by atoms with Gasteiger partial charge in [0.15, 0.2) is 5.67 Å². The van der Waals surface area contributed by atoms with Gasteiger partial charge in [-0.2, -0.15) is 0 Å². The maximum Gasteiger partial charge on any atom is 0.341 e. The van der Waals surface area contributed by atoms with E-state index in [-0.39, 0.29) is 11.5 Å². The third-order valence-electron chi connectivity index (χ3n) is 3.72. The zero-order chi connectivity index (χ0) is 19.2. The number of nitrogens with zero attached hydrogens (tertiary/aromatic N) is 1. The van der Waals surface area contributed by atoms with Crippen molar-refractivity contribution in [3.05, 3.63) is 72.6 Å². The van der Waals surface area contributed by atoms with Crippen molar-refractivity contribution in [1.29, 1.82) is 0 Å². The van der Waals surface area contributed by atoms with Crippen LogP contribution in [0.15, 0.2) is 61.5 Å². The molecule has 1 aromatic carbocycles. The van der Waals surface area contributed by atoms with Crippen LogP contribution in [0.2, 0.25) is 0 Å². The quantitative estimate of drug-likeness (QED) is 0.318. The molecular weight excluding hydrogens is 337 g/mol. The third kappa shape index (κ3) is 4.27. The summed E-state index contributed by atoms with van der Waals surface area (Å²) in [6, 6.07) is 9.87. The Hall–Kier alpha value is -3.15. The highest BCUT2D eigenvalue weighted by Crippen LogP contribution is 2.33. The maximum absolute atomic E-state index is 14.4. The smallest absolute Gasteiger partial charge is 0.341 e. The molecule has 2 rings (SSSR count). The predicted molar refractivity (Wildman–Crippen MR) is 96.4 cm³/mol. The Balaban J connectivity index is 2.43. The maximum atomic E-state index is 14.4. The molecule has 2 aromatic rings. The molecule has 0 saturated heterocycles. The van der Waals surface area contributed by atoms with E-state index in [1.54, 1.807) is 30.3 Å². The normalized spacial score (nSPS) is 13.5. The zero-order valence-electron chi connectivity index (χ0n) is 14.9. The van der Waals surface area contributed by atoms with Crippen molar-refractivity contribution >= 4 is 11.5 Å². The number of carbonyl (C=O) groups is 1. The van der Waals surface area contributed by atoms with E-state index >= 15 is 0 Å². The van der Waals surface area contributed by atoms with Crippen molar-refractivity contribution in [2.45, 2.75) is 12.6 Å². The van der Waals surface area contributed by atoms with Gasteiger partial charge >= 0.3 is 5.97 Å². The number of hydrogen-bond donors (Lipinski definition) is 0. The summed E-state index contributed by atoms with van der Waals surface area (Å²) in [6.07, 6.45) is 3.92. The van der Waals surface area contributed by atoms with Gasteiger partial charge in [-0.15, -0.1) is 0 Å². The lowest BCUT2D eigenvalue weighted by atomic mass is 9.99. The van der Waals surface area contributed by atoms with Crippen LogP contribution >= 0.6 is 0 Å². The number of pyridine rings is 1. The number of esters is 1. The fourth-order valence-corrected chi connectivity index (χ4v) is 2.23. The van der Waals surface area contributed by atoms with Gasteiger partial charge in [0.25, 0.3) is 0 Å². The highest BCUT2D eigenvalue weighted by molar-refractivity contribution is 6.17. The number of carbonyl (C=O) groups excluding carboxylic acids is 1. The summed E-state index contributed by atoms with van der Waals surface area (Å²) in [4.78, 5) is 16.1. The van der Waals surface area contributed by atoms with Crippen molar-refractivity contribution in [1.82, 2.24) is 4.98 Å². The fourth-order valence-electron chi connectivity index (χ4n) is 2.23. The van der Waals surface area contributed by atoms with Gasteiger partial charge < -0.3 is 14.2 Å². The summed E-state index contributed by atoms with van der Waals surface area (Å²) >= 11 is 0. The van der Waals surface area contributed by atoms with Crippen molar-refractivity contribution in [2.24, 2.45) is 0 Å². The molecule has 0 radical (unpaired) electrons. The number of alkyl halides is 1. The van der Waals surface area contributed by atoms with Gasteiger partial charge in [0, 0.05) is 17.8 Å². The number of aromatic nitrogens is 1. The van der Waals surface area contributed by atoms with Crippen LogP contribution in [0.25, 0.3) is 5.57 Å². The molecule has 0 bridgehead atoms. The Labute approximate surface area is 151 Å². The summed E-state index contributed by atoms with van der Waals surface area (Å²) in [6.45, 7) is 4.89. The second-order valence-corrected chi connectivity index (χ2v) is 5.52. The lowest BCUT2D eigenvalue weighted by Crippen LogP contribution is -2.11. The van der Waals surface area contributed by atoms with E-state index in [0.29, 0.717) is 16.9 Å². The number of ether oxygens (including phenoxy) is 3. The van der Waals surface area contributed by atoms with Gasteiger partial charge in [-0.3, -0.25) is 0 Å². The van der Waals surface area contributed by atoms with Crippen molar-refractivity contribution in [2.75, 3.05) is 14.2 Å². The average molecular weight is 357 g/mol. The molecule has 0 saturated carbocycles. The van der Waals surface area contributed by atoms with Gasteiger partial charge in [-0.1, -0.05) is 30.9 Å². The first-order valence-corrected chi connectivity index (χ1v) is 7.80. The van der Waals surface area contributed by atoms with Crippen LogP contribution in [0.1, 0.15) is 18.1 Å². The molecule has 0 spiro atoms. The van der Waals surface area contributed by atoms with E-state index in [1.165, 1.54) is 45.7 Å². The molecule has 26 heavy (non-hydrogen) atoms. The second-order valence-electron chi connectivity index (χ2n) is 5.52. The summed E-state index contributed by atoms with van der Waals surface area (Å²) in [5.41, 5.74) is -0.716. The second kappa shape index (κ2) is 8.29. The standard InChI is InChI=1S/C20H20FNO4/c1-5-20(2,21)14-10-11-22-18(12-14)26-17-9-7-6-8-15(17)16(13-24-3)19(23)25-4/h5-13H,1H2,2-4H3/b16-13+. The highest BCUT2D eigenvalue weighted by Gasteiger charge is 2.23. The number of rotatable bonds is 7. The Morgan fingerprint density at radius 1 is 1.27 bits per heavy atom. The highest BCUT2D eigenvalue weighted by atomic mass is 19.1. The molecule has 1 aromatic heterocycles. The Kier molecular flexibility index (Phi) is 6.11. The van der Waals surface area contributed by atoms with Crippen LogP contribution in [0.5, 0.6) is 11.6 Å². The molecule has 0 aliphatic heterocycles. The van der Waals surface area contributed by atoms with E-state index in [9.17, 15) is 9.18 Å². The molecular formula is C20H20FNO4. The summed E-state index contributed by atoms with van der Waals surface area (Å²) in [7, 11) is 2.70. The molecule has 1 heterocycles. The fraction of sp³-hybridized carbons (Fsp3) is 0.200.